The van der Waals surface area contributed by atoms with Gasteiger partial charge in [-0.05, 0) is 38.5 Å². The molecule has 0 spiro atoms. The summed E-state index contributed by atoms with van der Waals surface area (Å²) in [6.07, 6.45) is -3.35. The third-order valence-electron chi connectivity index (χ3n) is 4.25. The van der Waals surface area contributed by atoms with Crippen molar-refractivity contribution in [1.82, 2.24) is 5.16 Å². The molecule has 0 unspecified atom stereocenters. The zero-order valence-corrected chi connectivity index (χ0v) is 16.0. The van der Waals surface area contributed by atoms with Crippen LogP contribution >= 0.6 is 11.3 Å². The number of aromatic nitrogens is 1. The highest BCUT2D eigenvalue weighted by molar-refractivity contribution is 7.12. The predicted molar refractivity (Wildman–Crippen MR) is 101 cm³/mol. The minimum Gasteiger partial charge on any atom is -0.359 e. The molecule has 0 radical (unpaired) electrons. The number of thiophene rings is 1. The lowest BCUT2D eigenvalue weighted by Crippen LogP contribution is -2.03. The monoisotopic (exact) mass is 392 g/mol. The van der Waals surface area contributed by atoms with Gasteiger partial charge in [-0.3, -0.25) is 4.99 Å². The molecule has 2 aromatic heterocycles. The van der Waals surface area contributed by atoms with Crippen LogP contribution in [0.1, 0.15) is 40.5 Å². The Morgan fingerprint density at radius 1 is 1.19 bits per heavy atom. The summed E-state index contributed by atoms with van der Waals surface area (Å²) in [5.74, 6) is 0.563. The first-order chi connectivity index (χ1) is 12.8. The molecular formula is C20H19F3N2OS. The second-order valence-electron chi connectivity index (χ2n) is 6.19. The Hall–Kier alpha value is -2.41. The number of rotatable bonds is 5. The van der Waals surface area contributed by atoms with Crippen molar-refractivity contribution < 1.29 is 17.7 Å². The average Bonchev–Trinajstić information content (AvgIpc) is 3.25. The van der Waals surface area contributed by atoms with Gasteiger partial charge in [-0.2, -0.15) is 13.2 Å². The van der Waals surface area contributed by atoms with Crippen molar-refractivity contribution in [2.45, 2.75) is 39.9 Å². The molecule has 27 heavy (non-hydrogen) atoms. The molecule has 0 saturated heterocycles. The van der Waals surface area contributed by atoms with Crippen LogP contribution in [0.15, 0.2) is 45.9 Å². The number of aryl methyl sites for hydroxylation is 2. The summed E-state index contributed by atoms with van der Waals surface area (Å²) in [6, 6.07) is 8.72. The molecule has 0 N–H and O–H groups in total. The van der Waals surface area contributed by atoms with Crippen molar-refractivity contribution in [3.63, 3.8) is 0 Å². The van der Waals surface area contributed by atoms with Gasteiger partial charge in [0.15, 0.2) is 5.76 Å². The molecule has 0 bridgehead atoms. The van der Waals surface area contributed by atoms with Gasteiger partial charge in [-0.15, -0.1) is 11.3 Å². The molecule has 142 valence electrons. The molecule has 2 heterocycles. The average molecular weight is 392 g/mol. The smallest absolute Gasteiger partial charge is 0.359 e. The molecule has 0 atom stereocenters. The van der Waals surface area contributed by atoms with E-state index < -0.39 is 11.7 Å². The molecule has 7 heteroatoms. The zero-order valence-electron chi connectivity index (χ0n) is 15.2. The van der Waals surface area contributed by atoms with Gasteiger partial charge in [-0.25, -0.2) is 0 Å². The number of halogens is 3. The second kappa shape index (κ2) is 7.68. The Labute approximate surface area is 159 Å². The maximum absolute atomic E-state index is 12.6. The summed E-state index contributed by atoms with van der Waals surface area (Å²) in [5.41, 5.74) is 2.44. The number of hydrogen-bond acceptors (Lipinski definition) is 4. The van der Waals surface area contributed by atoms with Gasteiger partial charge in [-0.1, -0.05) is 24.2 Å². The fourth-order valence-electron chi connectivity index (χ4n) is 2.71. The van der Waals surface area contributed by atoms with Gasteiger partial charge in [0.05, 0.1) is 5.56 Å². The van der Waals surface area contributed by atoms with Crippen LogP contribution in [0.2, 0.25) is 0 Å². The van der Waals surface area contributed by atoms with Crippen molar-refractivity contribution in [2.75, 3.05) is 0 Å². The topological polar surface area (TPSA) is 38.4 Å². The van der Waals surface area contributed by atoms with Crippen molar-refractivity contribution in [1.29, 1.82) is 0 Å². The Balaban J connectivity index is 1.73. The van der Waals surface area contributed by atoms with Gasteiger partial charge >= 0.3 is 6.18 Å². The molecule has 0 aliphatic heterocycles. The van der Waals surface area contributed by atoms with E-state index in [1.165, 1.54) is 21.9 Å². The molecular weight excluding hydrogens is 373 g/mol. The first-order valence-electron chi connectivity index (χ1n) is 8.52. The highest BCUT2D eigenvalue weighted by atomic mass is 32.1. The molecule has 0 aliphatic rings. The van der Waals surface area contributed by atoms with E-state index in [2.05, 4.69) is 30.1 Å². The van der Waals surface area contributed by atoms with Crippen molar-refractivity contribution in [2.24, 2.45) is 4.99 Å². The quantitative estimate of drug-likeness (QED) is 0.478. The highest BCUT2D eigenvalue weighted by Crippen LogP contribution is 2.31. The van der Waals surface area contributed by atoms with E-state index in [0.29, 0.717) is 23.6 Å². The maximum atomic E-state index is 12.6. The lowest BCUT2D eigenvalue weighted by Gasteiger charge is -2.06. The van der Waals surface area contributed by atoms with Crippen LogP contribution in [0.4, 0.5) is 13.2 Å². The molecule has 1 aromatic carbocycles. The third kappa shape index (κ3) is 4.47. The van der Waals surface area contributed by atoms with Gasteiger partial charge in [0.2, 0.25) is 0 Å². The normalized spacial score (nSPS) is 12.6. The van der Waals surface area contributed by atoms with E-state index in [4.69, 9.17) is 4.52 Å². The third-order valence-corrected chi connectivity index (χ3v) is 5.44. The lowest BCUT2D eigenvalue weighted by molar-refractivity contribution is -0.137. The fraction of sp³-hybridized carbons (Fsp3) is 0.300. The number of nitrogens with zero attached hydrogens (tertiary/aromatic N) is 2. The molecule has 3 nitrogen and oxygen atoms in total. The van der Waals surface area contributed by atoms with Crippen LogP contribution in [0.5, 0.6) is 0 Å². The molecule has 0 aliphatic carbocycles. The molecule has 0 fully saturated rings. The standard InChI is InChI=1S/C20H19F3N2OS/c1-4-17-10-18(13(3)27-17)12(2)24-11-16-9-19(25-26-16)14-5-7-15(8-6-14)20(21,22)23/h5-10H,4,11H2,1-3H3. The van der Waals surface area contributed by atoms with Crippen LogP contribution in [0, 0.1) is 6.92 Å². The number of hydrogen-bond donors (Lipinski definition) is 0. The first-order valence-corrected chi connectivity index (χ1v) is 9.33. The van der Waals surface area contributed by atoms with Gasteiger partial charge < -0.3 is 4.52 Å². The summed E-state index contributed by atoms with van der Waals surface area (Å²) in [6.45, 7) is 6.49. The zero-order chi connectivity index (χ0) is 19.6. The van der Waals surface area contributed by atoms with Crippen LogP contribution in [0.25, 0.3) is 11.3 Å². The summed E-state index contributed by atoms with van der Waals surface area (Å²) in [5, 5.41) is 3.94. The van der Waals surface area contributed by atoms with Gasteiger partial charge in [0.1, 0.15) is 12.2 Å². The summed E-state index contributed by atoms with van der Waals surface area (Å²) in [7, 11) is 0. The van der Waals surface area contributed by atoms with Gasteiger partial charge in [0.25, 0.3) is 0 Å². The Bertz CT molecular complexity index is 953. The minimum absolute atomic E-state index is 0.330. The van der Waals surface area contributed by atoms with Crippen LogP contribution in [-0.4, -0.2) is 10.9 Å². The Morgan fingerprint density at radius 3 is 2.48 bits per heavy atom. The van der Waals surface area contributed by atoms with E-state index in [0.717, 1.165) is 29.8 Å². The van der Waals surface area contributed by atoms with E-state index in [9.17, 15) is 13.2 Å². The number of benzene rings is 1. The summed E-state index contributed by atoms with van der Waals surface area (Å²) in [4.78, 5) is 7.12. The van der Waals surface area contributed by atoms with Crippen LogP contribution < -0.4 is 0 Å². The van der Waals surface area contributed by atoms with Gasteiger partial charge in [0, 0.05) is 32.7 Å². The maximum Gasteiger partial charge on any atom is 0.416 e. The van der Waals surface area contributed by atoms with Crippen LogP contribution in [0.3, 0.4) is 0 Å². The molecule has 0 amide bonds. The fourth-order valence-corrected chi connectivity index (χ4v) is 3.74. The molecule has 3 aromatic rings. The van der Waals surface area contributed by atoms with Crippen LogP contribution in [-0.2, 0) is 19.1 Å². The Morgan fingerprint density at radius 2 is 1.89 bits per heavy atom. The van der Waals surface area contributed by atoms with E-state index in [-0.39, 0.29) is 0 Å². The highest BCUT2D eigenvalue weighted by Gasteiger charge is 2.30. The SMILES string of the molecule is CCc1cc(C(C)=NCc2cc(-c3ccc(C(F)(F)F)cc3)no2)c(C)s1. The summed E-state index contributed by atoms with van der Waals surface area (Å²) >= 11 is 1.77. The van der Waals surface area contributed by atoms with E-state index in [1.807, 2.05) is 6.92 Å². The van der Waals surface area contributed by atoms with Crippen molar-refractivity contribution in [3.05, 3.63) is 63.0 Å². The van der Waals surface area contributed by atoms with E-state index in [1.54, 1.807) is 17.4 Å². The lowest BCUT2D eigenvalue weighted by atomic mass is 10.1. The first kappa shape index (κ1) is 19.4. The van der Waals surface area contributed by atoms with E-state index >= 15 is 0 Å². The van der Waals surface area contributed by atoms with Crippen molar-refractivity contribution in [3.8, 4) is 11.3 Å². The number of aliphatic imine (C=N–C) groups is 1. The second-order valence-corrected chi connectivity index (χ2v) is 7.53. The van der Waals surface area contributed by atoms with Crippen molar-refractivity contribution >= 4 is 17.0 Å². The summed E-state index contributed by atoms with van der Waals surface area (Å²) < 4.78 is 43.2. The molecule has 3 rings (SSSR count). The predicted octanol–water partition coefficient (Wildman–Crippen LogP) is 6.30. The number of alkyl halides is 3. The Kier molecular flexibility index (Phi) is 5.51. The minimum atomic E-state index is -4.35. The molecule has 0 saturated carbocycles. The largest absolute Gasteiger partial charge is 0.416 e.